The summed E-state index contributed by atoms with van der Waals surface area (Å²) in [5.41, 5.74) is 0. The summed E-state index contributed by atoms with van der Waals surface area (Å²) in [5, 5.41) is 0.0776. The van der Waals surface area contributed by atoms with Gasteiger partial charge in [0, 0.05) is 19.6 Å². The fourth-order valence-electron chi connectivity index (χ4n) is 1.86. The molecule has 1 rings (SSSR count). The van der Waals surface area contributed by atoms with Crippen molar-refractivity contribution in [3.63, 3.8) is 0 Å². The Labute approximate surface area is 155 Å². The van der Waals surface area contributed by atoms with Crippen LogP contribution in [0.5, 0.6) is 6.01 Å². The molecule has 0 saturated carbocycles. The van der Waals surface area contributed by atoms with E-state index in [4.69, 9.17) is 27.9 Å². The number of rotatable bonds is 10. The molecular formula is C15H30Cl2N6O+2. The minimum absolute atomic E-state index is 0.0388. The number of quaternary nitrogens is 2. The van der Waals surface area contributed by atoms with Gasteiger partial charge >= 0.3 is 6.01 Å². The highest BCUT2D eigenvalue weighted by Crippen LogP contribution is 2.11. The standard InChI is InChI=1S/C15H30Cl2N6O/c1-22(2,3)10-7-21(8-11-23(4,5)6)9-12-24-15-19-13(16)18-14(17)20-15/h7-12H2,1-6H3/q+2. The van der Waals surface area contributed by atoms with Gasteiger partial charge in [0.05, 0.1) is 55.4 Å². The highest BCUT2D eigenvalue weighted by molar-refractivity contribution is 6.31. The van der Waals surface area contributed by atoms with Crippen molar-refractivity contribution >= 4 is 23.2 Å². The molecule has 0 aromatic carbocycles. The van der Waals surface area contributed by atoms with Crippen LogP contribution in [0.2, 0.25) is 10.6 Å². The number of aromatic nitrogens is 3. The average Bonchev–Trinajstić information content (AvgIpc) is 2.38. The van der Waals surface area contributed by atoms with Crippen LogP contribution in [0, 0.1) is 0 Å². The zero-order valence-electron chi connectivity index (χ0n) is 15.6. The van der Waals surface area contributed by atoms with Crippen LogP contribution in [0.4, 0.5) is 0 Å². The molecule has 0 atom stereocenters. The van der Waals surface area contributed by atoms with Crippen LogP contribution in [-0.2, 0) is 0 Å². The Morgan fingerprint density at radius 2 is 1.25 bits per heavy atom. The Hall–Kier alpha value is -0.730. The molecule has 1 heterocycles. The molecule has 0 spiro atoms. The Bertz CT molecular complexity index is 477. The maximum atomic E-state index is 5.75. The van der Waals surface area contributed by atoms with Gasteiger partial charge in [-0.05, 0) is 23.2 Å². The second-order valence-electron chi connectivity index (χ2n) is 7.87. The fraction of sp³-hybridized carbons (Fsp3) is 0.800. The topological polar surface area (TPSA) is 51.1 Å². The first kappa shape index (κ1) is 21.3. The van der Waals surface area contributed by atoms with Crippen molar-refractivity contribution in [1.82, 2.24) is 19.9 Å². The summed E-state index contributed by atoms with van der Waals surface area (Å²) in [6.07, 6.45) is 0. The van der Waals surface area contributed by atoms with E-state index in [1.165, 1.54) is 0 Å². The largest absolute Gasteiger partial charge is 0.462 e. The minimum atomic E-state index is 0.0388. The van der Waals surface area contributed by atoms with E-state index in [0.717, 1.165) is 41.7 Å². The number of halogens is 2. The van der Waals surface area contributed by atoms with Crippen LogP contribution < -0.4 is 4.74 Å². The maximum Gasteiger partial charge on any atom is 0.322 e. The second-order valence-corrected chi connectivity index (χ2v) is 8.55. The average molecular weight is 381 g/mol. The van der Waals surface area contributed by atoms with Gasteiger partial charge in [0.25, 0.3) is 0 Å². The van der Waals surface area contributed by atoms with E-state index in [1.807, 2.05) is 0 Å². The highest BCUT2D eigenvalue weighted by atomic mass is 35.5. The smallest absolute Gasteiger partial charge is 0.322 e. The summed E-state index contributed by atoms with van der Waals surface area (Å²) in [5.74, 6) is 0. The molecule has 7 nitrogen and oxygen atoms in total. The van der Waals surface area contributed by atoms with E-state index < -0.39 is 0 Å². The third-order valence-corrected chi connectivity index (χ3v) is 3.71. The lowest BCUT2D eigenvalue weighted by atomic mass is 10.4. The van der Waals surface area contributed by atoms with Gasteiger partial charge < -0.3 is 13.7 Å². The molecule has 0 aliphatic rings. The quantitative estimate of drug-likeness (QED) is 0.572. The van der Waals surface area contributed by atoms with Crippen LogP contribution in [0.15, 0.2) is 0 Å². The molecule has 9 heteroatoms. The monoisotopic (exact) mass is 380 g/mol. The van der Waals surface area contributed by atoms with Gasteiger partial charge in [-0.25, -0.2) is 0 Å². The molecule has 0 bridgehead atoms. The predicted molar refractivity (Wildman–Crippen MR) is 97.6 cm³/mol. The number of likely N-dealkylation sites (N-methyl/N-ethyl adjacent to an activating group) is 2. The Morgan fingerprint density at radius 1 is 0.792 bits per heavy atom. The first-order chi connectivity index (χ1) is 10.9. The minimum Gasteiger partial charge on any atom is -0.462 e. The van der Waals surface area contributed by atoms with Crippen LogP contribution in [-0.4, -0.2) is 110 Å². The van der Waals surface area contributed by atoms with Gasteiger partial charge in [-0.2, -0.15) is 15.0 Å². The van der Waals surface area contributed by atoms with Crippen molar-refractivity contribution in [2.45, 2.75) is 0 Å². The number of ether oxygens (including phenoxy) is 1. The molecule has 0 aliphatic heterocycles. The predicted octanol–water partition coefficient (Wildman–Crippen LogP) is 1.27. The SMILES string of the molecule is C[N+](C)(C)CCN(CCOc1nc(Cl)nc(Cl)n1)CC[N+](C)(C)C. The third kappa shape index (κ3) is 10.2. The van der Waals surface area contributed by atoms with Gasteiger partial charge in [0.1, 0.15) is 6.61 Å². The first-order valence-corrected chi connectivity index (χ1v) is 8.73. The fourth-order valence-corrected chi connectivity index (χ4v) is 2.21. The van der Waals surface area contributed by atoms with Crippen molar-refractivity contribution in [3.8, 4) is 6.01 Å². The lowest BCUT2D eigenvalue weighted by Crippen LogP contribution is -2.47. The highest BCUT2D eigenvalue weighted by Gasteiger charge is 2.16. The number of nitrogens with zero attached hydrogens (tertiary/aromatic N) is 6. The van der Waals surface area contributed by atoms with Crippen molar-refractivity contribution in [3.05, 3.63) is 10.6 Å². The molecule has 138 valence electrons. The Balaban J connectivity index is 2.53. The second kappa shape index (κ2) is 9.10. The molecule has 0 unspecified atom stereocenters. The van der Waals surface area contributed by atoms with Crippen LogP contribution >= 0.6 is 23.2 Å². The van der Waals surface area contributed by atoms with Gasteiger partial charge in [-0.15, -0.1) is 0 Å². The summed E-state index contributed by atoms with van der Waals surface area (Å²) in [4.78, 5) is 13.9. The first-order valence-electron chi connectivity index (χ1n) is 7.98. The van der Waals surface area contributed by atoms with Crippen molar-refractivity contribution in [2.24, 2.45) is 0 Å². The summed E-state index contributed by atoms with van der Waals surface area (Å²) in [6, 6.07) is 0.165. The lowest BCUT2D eigenvalue weighted by Gasteiger charge is -2.31. The van der Waals surface area contributed by atoms with Gasteiger partial charge in [0.2, 0.25) is 10.6 Å². The van der Waals surface area contributed by atoms with E-state index in [2.05, 4.69) is 62.1 Å². The van der Waals surface area contributed by atoms with Crippen molar-refractivity contribution < 1.29 is 13.7 Å². The zero-order chi connectivity index (χ0) is 18.4. The molecule has 0 aliphatic carbocycles. The van der Waals surface area contributed by atoms with E-state index in [9.17, 15) is 0 Å². The summed E-state index contributed by atoms with van der Waals surface area (Å²) in [6.45, 7) is 5.42. The van der Waals surface area contributed by atoms with Crippen molar-refractivity contribution in [1.29, 1.82) is 0 Å². The Morgan fingerprint density at radius 3 is 1.67 bits per heavy atom. The van der Waals surface area contributed by atoms with Crippen LogP contribution in [0.3, 0.4) is 0 Å². The third-order valence-electron chi connectivity index (χ3n) is 3.37. The van der Waals surface area contributed by atoms with E-state index >= 15 is 0 Å². The molecule has 0 amide bonds. The zero-order valence-corrected chi connectivity index (χ0v) is 17.1. The van der Waals surface area contributed by atoms with Crippen LogP contribution in [0.25, 0.3) is 0 Å². The molecular weight excluding hydrogens is 351 g/mol. The molecule has 1 aromatic rings. The van der Waals surface area contributed by atoms with E-state index in [0.29, 0.717) is 6.61 Å². The molecule has 0 saturated heterocycles. The summed E-state index contributed by atoms with van der Waals surface area (Å²) in [7, 11) is 13.2. The normalized spacial score (nSPS) is 12.7. The van der Waals surface area contributed by atoms with E-state index in [-0.39, 0.29) is 16.6 Å². The van der Waals surface area contributed by atoms with Crippen molar-refractivity contribution in [2.75, 3.05) is 81.6 Å². The lowest BCUT2D eigenvalue weighted by molar-refractivity contribution is -0.872. The summed E-state index contributed by atoms with van der Waals surface area (Å²) < 4.78 is 7.44. The number of hydrogen-bond donors (Lipinski definition) is 0. The summed E-state index contributed by atoms with van der Waals surface area (Å²) >= 11 is 11.5. The Kier molecular flexibility index (Phi) is 8.08. The van der Waals surface area contributed by atoms with Gasteiger partial charge in [-0.3, -0.25) is 4.90 Å². The molecule has 0 fully saturated rings. The van der Waals surface area contributed by atoms with Crippen LogP contribution in [0.1, 0.15) is 0 Å². The van der Waals surface area contributed by atoms with Gasteiger partial charge in [-0.1, -0.05) is 0 Å². The molecule has 0 N–H and O–H groups in total. The maximum absolute atomic E-state index is 5.75. The number of hydrogen-bond acceptors (Lipinski definition) is 5. The molecule has 24 heavy (non-hydrogen) atoms. The van der Waals surface area contributed by atoms with Gasteiger partial charge in [0.15, 0.2) is 0 Å². The molecule has 0 radical (unpaired) electrons. The molecule has 1 aromatic heterocycles. The van der Waals surface area contributed by atoms with E-state index in [1.54, 1.807) is 0 Å².